The van der Waals surface area contributed by atoms with Crippen molar-refractivity contribution in [1.29, 1.82) is 0 Å². The van der Waals surface area contributed by atoms with Crippen LogP contribution in [0, 0.1) is 0 Å². The fourth-order valence-corrected chi connectivity index (χ4v) is 5.59. The van der Waals surface area contributed by atoms with Gasteiger partial charge in [0.25, 0.3) is 0 Å². The first-order valence-electron chi connectivity index (χ1n) is 14.6. The minimum atomic E-state index is 0.637. The number of rotatable bonds is 8. The Balaban J connectivity index is 1.23. The molecule has 0 fully saturated rings. The van der Waals surface area contributed by atoms with E-state index in [1.54, 1.807) is 0 Å². The molecule has 7 rings (SSSR count). The van der Waals surface area contributed by atoms with E-state index in [1.165, 1.54) is 5.39 Å². The van der Waals surface area contributed by atoms with Gasteiger partial charge in [0.2, 0.25) is 0 Å². The molecular weight excluding hydrogens is 510 g/mol. The van der Waals surface area contributed by atoms with Crippen molar-refractivity contribution in [3.63, 3.8) is 0 Å². The van der Waals surface area contributed by atoms with Gasteiger partial charge >= 0.3 is 0 Å². The van der Waals surface area contributed by atoms with Gasteiger partial charge in [-0.05, 0) is 62.2 Å². The van der Waals surface area contributed by atoms with Crippen LogP contribution in [-0.4, -0.2) is 55.9 Å². The summed E-state index contributed by atoms with van der Waals surface area (Å²) < 4.78 is 6.42. The molecule has 4 heterocycles. The van der Waals surface area contributed by atoms with E-state index in [4.69, 9.17) is 10.2 Å². The third-order valence-electron chi connectivity index (χ3n) is 7.78. The molecule has 8 nitrogen and oxygen atoms in total. The lowest BCUT2D eigenvalue weighted by atomic mass is 10.0. The minimum Gasteiger partial charge on any atom is -0.456 e. The second-order valence-electron chi connectivity index (χ2n) is 10.7. The molecule has 8 heteroatoms. The number of furan rings is 1. The standard InChI is InChI=1S/C33H35N7O/c34-10-1-11-35-29-17-22(27-16-21-4-6-24(18-28(21)40-27)32-36-12-2-13-37-32)8-9-26(29)31-19-23-5-7-25(20-30(23)41-31)33-38-14-3-15-39-33/h4-9,16-20,35,40H,1-3,10-15,34H2,(H,36,37)(H,38,39). The summed E-state index contributed by atoms with van der Waals surface area (Å²) >= 11 is 0. The number of aromatic nitrogens is 1. The quantitative estimate of drug-likeness (QED) is 0.165. The highest BCUT2D eigenvalue weighted by Gasteiger charge is 2.16. The second-order valence-corrected chi connectivity index (χ2v) is 10.7. The Hall–Kier alpha value is -4.56. The van der Waals surface area contributed by atoms with Crippen molar-refractivity contribution in [3.8, 4) is 22.6 Å². The maximum Gasteiger partial charge on any atom is 0.137 e. The number of nitrogens with one attached hydrogen (secondary N) is 4. The number of fused-ring (bicyclic) bond motifs is 2. The molecule has 0 amide bonds. The molecule has 41 heavy (non-hydrogen) atoms. The Bertz CT molecular complexity index is 1780. The Morgan fingerprint density at radius 2 is 1.51 bits per heavy atom. The maximum atomic E-state index is 6.42. The van der Waals surface area contributed by atoms with Crippen molar-refractivity contribution >= 4 is 39.2 Å². The first kappa shape index (κ1) is 25.4. The third-order valence-corrected chi connectivity index (χ3v) is 7.78. The highest BCUT2D eigenvalue weighted by atomic mass is 16.3. The summed E-state index contributed by atoms with van der Waals surface area (Å²) in [5.41, 5.74) is 14.2. The number of amidine groups is 2. The molecule has 0 bridgehead atoms. The number of aromatic amines is 1. The summed E-state index contributed by atoms with van der Waals surface area (Å²) in [6, 6.07) is 23.6. The zero-order valence-electron chi connectivity index (χ0n) is 23.1. The number of hydrogen-bond acceptors (Lipinski definition) is 7. The Labute approximate surface area is 239 Å². The molecule has 6 N–H and O–H groups in total. The topological polar surface area (TPSA) is 116 Å². The molecule has 0 spiro atoms. The molecule has 0 aliphatic carbocycles. The Kier molecular flexibility index (Phi) is 6.90. The van der Waals surface area contributed by atoms with Crippen molar-refractivity contribution in [1.82, 2.24) is 15.6 Å². The number of nitrogens with zero attached hydrogens (tertiary/aromatic N) is 2. The number of benzene rings is 3. The van der Waals surface area contributed by atoms with Gasteiger partial charge < -0.3 is 31.1 Å². The number of aliphatic imine (C=N–C) groups is 2. The Morgan fingerprint density at radius 3 is 2.24 bits per heavy atom. The van der Waals surface area contributed by atoms with Crippen molar-refractivity contribution in [2.75, 3.05) is 44.6 Å². The van der Waals surface area contributed by atoms with E-state index in [9.17, 15) is 0 Å². The van der Waals surface area contributed by atoms with Crippen molar-refractivity contribution in [2.45, 2.75) is 19.3 Å². The molecule has 0 saturated heterocycles. The van der Waals surface area contributed by atoms with E-state index in [0.29, 0.717) is 6.54 Å². The highest BCUT2D eigenvalue weighted by Crippen LogP contribution is 2.36. The normalized spacial score (nSPS) is 15.3. The molecule has 0 radical (unpaired) electrons. The number of nitrogens with two attached hydrogens (primary N) is 1. The van der Waals surface area contributed by atoms with Gasteiger partial charge in [0.05, 0.1) is 0 Å². The van der Waals surface area contributed by atoms with E-state index in [2.05, 4.69) is 97.6 Å². The van der Waals surface area contributed by atoms with Crippen LogP contribution in [0.1, 0.15) is 30.4 Å². The third kappa shape index (κ3) is 5.18. The lowest BCUT2D eigenvalue weighted by molar-refractivity contribution is 0.631. The number of hydrogen-bond donors (Lipinski definition) is 5. The number of anilines is 1. The molecule has 2 aliphatic heterocycles. The average Bonchev–Trinajstić information content (AvgIpc) is 3.66. The van der Waals surface area contributed by atoms with E-state index in [-0.39, 0.29) is 0 Å². The van der Waals surface area contributed by atoms with Gasteiger partial charge in [-0.15, -0.1) is 0 Å². The molecule has 3 aromatic carbocycles. The van der Waals surface area contributed by atoms with Gasteiger partial charge in [0.15, 0.2) is 0 Å². The van der Waals surface area contributed by atoms with Gasteiger partial charge in [0.1, 0.15) is 23.0 Å². The van der Waals surface area contributed by atoms with Crippen LogP contribution in [0.5, 0.6) is 0 Å². The van der Waals surface area contributed by atoms with Crippen LogP contribution < -0.4 is 21.7 Å². The largest absolute Gasteiger partial charge is 0.456 e. The lowest BCUT2D eigenvalue weighted by Gasteiger charge is -2.14. The molecular formula is C33H35N7O. The molecule has 208 valence electrons. The van der Waals surface area contributed by atoms with Crippen LogP contribution in [0.2, 0.25) is 0 Å². The molecule has 2 aromatic heterocycles. The SMILES string of the molecule is NCCCNc1cc(-c2cc3ccc(C4=NCCCN4)cc3[nH]2)ccc1-c1cc2ccc(C3=NCCCN3)cc2o1. The van der Waals surface area contributed by atoms with Crippen molar-refractivity contribution < 1.29 is 4.42 Å². The van der Waals surface area contributed by atoms with Crippen LogP contribution in [0.15, 0.2) is 81.1 Å². The maximum absolute atomic E-state index is 6.42. The summed E-state index contributed by atoms with van der Waals surface area (Å²) in [5, 5.41) is 12.7. The van der Waals surface area contributed by atoms with Gasteiger partial charge in [-0.1, -0.05) is 30.3 Å². The van der Waals surface area contributed by atoms with Crippen LogP contribution >= 0.6 is 0 Å². The molecule has 0 unspecified atom stereocenters. The van der Waals surface area contributed by atoms with Gasteiger partial charge in [-0.3, -0.25) is 9.98 Å². The summed E-state index contributed by atoms with van der Waals surface area (Å²) in [6.07, 6.45) is 3.03. The van der Waals surface area contributed by atoms with E-state index in [1.807, 2.05) is 0 Å². The molecule has 0 saturated carbocycles. The second kappa shape index (κ2) is 11.1. The first-order valence-corrected chi connectivity index (χ1v) is 14.6. The molecule has 2 aliphatic rings. The summed E-state index contributed by atoms with van der Waals surface area (Å²) in [4.78, 5) is 12.9. The summed E-state index contributed by atoms with van der Waals surface area (Å²) in [7, 11) is 0. The fourth-order valence-electron chi connectivity index (χ4n) is 5.59. The van der Waals surface area contributed by atoms with E-state index >= 15 is 0 Å². The first-order chi connectivity index (χ1) is 20.2. The smallest absolute Gasteiger partial charge is 0.137 e. The lowest BCUT2D eigenvalue weighted by Crippen LogP contribution is -2.30. The summed E-state index contributed by atoms with van der Waals surface area (Å²) in [6.45, 7) is 5.08. The predicted octanol–water partition coefficient (Wildman–Crippen LogP) is 5.49. The van der Waals surface area contributed by atoms with E-state index < -0.39 is 0 Å². The summed E-state index contributed by atoms with van der Waals surface area (Å²) in [5.74, 6) is 2.75. The van der Waals surface area contributed by atoms with Gasteiger partial charge in [-0.2, -0.15) is 0 Å². The van der Waals surface area contributed by atoms with Crippen molar-refractivity contribution in [2.24, 2.45) is 15.7 Å². The highest BCUT2D eigenvalue weighted by molar-refractivity contribution is 6.03. The minimum absolute atomic E-state index is 0.637. The monoisotopic (exact) mass is 545 g/mol. The van der Waals surface area contributed by atoms with Crippen LogP contribution in [0.3, 0.4) is 0 Å². The van der Waals surface area contributed by atoms with Crippen LogP contribution in [0.4, 0.5) is 5.69 Å². The predicted molar refractivity (Wildman–Crippen MR) is 169 cm³/mol. The molecule has 0 atom stereocenters. The average molecular weight is 546 g/mol. The zero-order valence-corrected chi connectivity index (χ0v) is 23.1. The van der Waals surface area contributed by atoms with Crippen LogP contribution in [0.25, 0.3) is 44.5 Å². The number of H-pyrrole nitrogens is 1. The fraction of sp³-hybridized carbons (Fsp3) is 0.273. The zero-order chi connectivity index (χ0) is 27.6. The molecule has 5 aromatic rings. The van der Waals surface area contributed by atoms with Crippen molar-refractivity contribution in [3.05, 3.63) is 77.9 Å². The van der Waals surface area contributed by atoms with Crippen LogP contribution in [-0.2, 0) is 0 Å². The van der Waals surface area contributed by atoms with Gasteiger partial charge in [-0.25, -0.2) is 0 Å². The van der Waals surface area contributed by atoms with Gasteiger partial charge in [0, 0.05) is 82.6 Å². The van der Waals surface area contributed by atoms with E-state index in [0.717, 1.165) is 120 Å². The Morgan fingerprint density at radius 1 is 0.780 bits per heavy atom.